The van der Waals surface area contributed by atoms with Crippen LogP contribution in [0.4, 0.5) is 5.00 Å². The Morgan fingerprint density at radius 1 is 1.29 bits per heavy atom. The molecule has 1 saturated carbocycles. The number of fused-ring (bicyclic) bond motifs is 1. The van der Waals surface area contributed by atoms with Crippen molar-refractivity contribution in [2.75, 3.05) is 11.1 Å². The van der Waals surface area contributed by atoms with Gasteiger partial charge in [-0.15, -0.1) is 28.1 Å². The van der Waals surface area contributed by atoms with Gasteiger partial charge in [0, 0.05) is 17.8 Å². The number of hydrogen-bond donors (Lipinski definition) is 1. The molecule has 0 aliphatic heterocycles. The van der Waals surface area contributed by atoms with Gasteiger partial charge in [-0.1, -0.05) is 63.3 Å². The molecule has 2 aliphatic rings. The maximum atomic E-state index is 12.8. The predicted molar refractivity (Wildman–Crippen MR) is 139 cm³/mol. The summed E-state index contributed by atoms with van der Waals surface area (Å²) in [7, 11) is 0. The fraction of sp³-hybridized carbons (Fsp3) is 0.615. The smallest absolute Gasteiger partial charge is 0.235 e. The van der Waals surface area contributed by atoms with Crippen molar-refractivity contribution in [3.63, 3.8) is 0 Å². The number of aromatic nitrogens is 3. The van der Waals surface area contributed by atoms with Gasteiger partial charge in [-0.2, -0.15) is 5.26 Å². The molecule has 0 bridgehead atoms. The van der Waals surface area contributed by atoms with Gasteiger partial charge in [0.1, 0.15) is 16.9 Å². The molecule has 1 unspecified atom stereocenters. The molecule has 0 saturated heterocycles. The van der Waals surface area contributed by atoms with Crippen LogP contribution in [0.15, 0.2) is 17.8 Å². The molecule has 2 aliphatic carbocycles. The van der Waals surface area contributed by atoms with E-state index >= 15 is 0 Å². The van der Waals surface area contributed by atoms with E-state index in [9.17, 15) is 10.1 Å². The van der Waals surface area contributed by atoms with Crippen LogP contribution in [0.1, 0.15) is 80.1 Å². The number of rotatable bonds is 10. The molecule has 1 fully saturated rings. The number of hydrogen-bond acceptors (Lipinski definition) is 6. The van der Waals surface area contributed by atoms with Crippen LogP contribution in [0.3, 0.4) is 0 Å². The molecule has 6 nitrogen and oxygen atoms in total. The summed E-state index contributed by atoms with van der Waals surface area (Å²) in [6, 6.07) is 2.34. The van der Waals surface area contributed by atoms with Gasteiger partial charge in [-0.3, -0.25) is 4.79 Å². The lowest BCUT2D eigenvalue weighted by atomic mass is 9.86. The zero-order valence-electron chi connectivity index (χ0n) is 20.1. The summed E-state index contributed by atoms with van der Waals surface area (Å²) in [5, 5.41) is 23.0. The fourth-order valence-electron chi connectivity index (χ4n) is 5.23. The summed E-state index contributed by atoms with van der Waals surface area (Å²) in [6.07, 6.45) is 14.9. The topological polar surface area (TPSA) is 83.6 Å². The Labute approximate surface area is 211 Å². The van der Waals surface area contributed by atoms with Gasteiger partial charge in [0.2, 0.25) is 5.91 Å². The highest BCUT2D eigenvalue weighted by Gasteiger charge is 2.26. The van der Waals surface area contributed by atoms with Crippen molar-refractivity contribution >= 4 is 34.0 Å². The van der Waals surface area contributed by atoms with E-state index in [1.165, 1.54) is 48.7 Å². The summed E-state index contributed by atoms with van der Waals surface area (Å²) in [5.74, 6) is 2.59. The quantitative estimate of drug-likeness (QED) is 0.314. The van der Waals surface area contributed by atoms with E-state index in [1.807, 2.05) is 6.08 Å². The van der Waals surface area contributed by atoms with Gasteiger partial charge >= 0.3 is 0 Å². The normalized spacial score (nSPS) is 18.3. The summed E-state index contributed by atoms with van der Waals surface area (Å²) in [5.41, 5.74) is 1.81. The number of thioether (sulfide) groups is 1. The van der Waals surface area contributed by atoms with Gasteiger partial charge < -0.3 is 9.88 Å². The maximum absolute atomic E-state index is 12.8. The van der Waals surface area contributed by atoms with Crippen molar-refractivity contribution in [3.8, 4) is 6.07 Å². The molecule has 2 aromatic heterocycles. The molecule has 182 valence electrons. The lowest BCUT2D eigenvalue weighted by Crippen LogP contribution is -2.15. The number of thiophene rings is 1. The zero-order valence-corrected chi connectivity index (χ0v) is 21.8. The Morgan fingerprint density at radius 2 is 2.12 bits per heavy atom. The van der Waals surface area contributed by atoms with Crippen LogP contribution in [0.2, 0.25) is 0 Å². The Morgan fingerprint density at radius 3 is 2.85 bits per heavy atom. The third-order valence-electron chi connectivity index (χ3n) is 7.25. The average Bonchev–Trinajstić information content (AvgIpc) is 3.41. The highest BCUT2D eigenvalue weighted by Crippen LogP contribution is 2.40. The van der Waals surface area contributed by atoms with Crippen LogP contribution >= 0.6 is 23.1 Å². The van der Waals surface area contributed by atoms with Crippen LogP contribution in [-0.4, -0.2) is 26.4 Å². The fourth-order valence-corrected chi connectivity index (χ4v) is 7.33. The number of nitrogens with zero attached hydrogens (tertiary/aromatic N) is 4. The molecule has 0 spiro atoms. The second kappa shape index (κ2) is 12.0. The van der Waals surface area contributed by atoms with Gasteiger partial charge in [0.05, 0.1) is 11.3 Å². The monoisotopic (exact) mass is 497 g/mol. The predicted octanol–water partition coefficient (Wildman–Crippen LogP) is 6.16. The lowest BCUT2D eigenvalue weighted by Gasteiger charge is -2.21. The molecule has 4 rings (SSSR count). The SMILES string of the molecule is C=CCn1c(CCC2CCCCC2)nnc1SCC(=O)Nc1sc2c(c1C#N)CCC(CC)C2. The third kappa shape index (κ3) is 5.92. The van der Waals surface area contributed by atoms with Crippen LogP contribution < -0.4 is 5.32 Å². The maximum Gasteiger partial charge on any atom is 0.235 e. The van der Waals surface area contributed by atoms with Crippen LogP contribution in [-0.2, 0) is 30.6 Å². The van der Waals surface area contributed by atoms with Crippen LogP contribution in [0.5, 0.6) is 0 Å². The zero-order chi connectivity index (χ0) is 23.9. The van der Waals surface area contributed by atoms with E-state index < -0.39 is 0 Å². The second-order valence-electron chi connectivity index (χ2n) is 9.51. The number of nitriles is 1. The molecule has 2 aromatic rings. The molecule has 8 heteroatoms. The highest BCUT2D eigenvalue weighted by molar-refractivity contribution is 7.99. The molecule has 0 radical (unpaired) electrons. The molecule has 0 aromatic carbocycles. The number of amides is 1. The average molecular weight is 498 g/mol. The minimum absolute atomic E-state index is 0.107. The van der Waals surface area contributed by atoms with E-state index in [4.69, 9.17) is 0 Å². The number of carbonyl (C=O) groups excluding carboxylic acids is 1. The van der Waals surface area contributed by atoms with Crippen molar-refractivity contribution in [1.82, 2.24) is 14.8 Å². The first-order chi connectivity index (χ1) is 16.6. The molecule has 1 amide bonds. The van der Waals surface area contributed by atoms with Crippen molar-refractivity contribution in [2.45, 2.75) is 89.3 Å². The van der Waals surface area contributed by atoms with E-state index in [0.29, 0.717) is 23.0 Å². The highest BCUT2D eigenvalue weighted by atomic mass is 32.2. The Bertz CT molecular complexity index is 1040. The second-order valence-corrected chi connectivity index (χ2v) is 11.6. The van der Waals surface area contributed by atoms with Crippen molar-refractivity contribution in [3.05, 3.63) is 34.5 Å². The van der Waals surface area contributed by atoms with E-state index in [0.717, 1.165) is 61.0 Å². The first-order valence-electron chi connectivity index (χ1n) is 12.6. The van der Waals surface area contributed by atoms with E-state index in [1.54, 1.807) is 11.3 Å². The Hall–Kier alpha value is -2.11. The summed E-state index contributed by atoms with van der Waals surface area (Å²) < 4.78 is 2.09. The van der Waals surface area contributed by atoms with Gasteiger partial charge in [-0.25, -0.2) is 0 Å². The number of carbonyl (C=O) groups is 1. The van der Waals surface area contributed by atoms with Crippen molar-refractivity contribution < 1.29 is 4.79 Å². The molecule has 1 atom stereocenters. The van der Waals surface area contributed by atoms with Gasteiger partial charge in [-0.05, 0) is 43.1 Å². The Kier molecular flexibility index (Phi) is 8.85. The number of nitrogens with one attached hydrogen (secondary N) is 1. The number of anilines is 1. The summed E-state index contributed by atoms with van der Waals surface area (Å²) >= 11 is 2.98. The number of aryl methyl sites for hydroxylation is 1. The van der Waals surface area contributed by atoms with Crippen LogP contribution in [0.25, 0.3) is 0 Å². The van der Waals surface area contributed by atoms with E-state index in [2.05, 4.69) is 39.7 Å². The first-order valence-corrected chi connectivity index (χ1v) is 14.4. The minimum atomic E-state index is -0.107. The Balaban J connectivity index is 1.36. The van der Waals surface area contributed by atoms with E-state index in [-0.39, 0.29) is 11.7 Å². The van der Waals surface area contributed by atoms with Crippen LogP contribution in [0, 0.1) is 23.2 Å². The standard InChI is InChI=1S/C26H35N5OS2/c1-3-14-31-23(13-11-19-8-6-5-7-9-19)29-30-26(31)33-17-24(32)28-25-21(16-27)20-12-10-18(4-2)15-22(20)34-25/h3,18-19H,1,4-15,17H2,2H3,(H,28,32). The molecular weight excluding hydrogens is 462 g/mol. The largest absolute Gasteiger partial charge is 0.316 e. The van der Waals surface area contributed by atoms with Crippen molar-refractivity contribution in [2.24, 2.45) is 11.8 Å². The summed E-state index contributed by atoms with van der Waals surface area (Å²) in [6.45, 7) is 6.75. The molecule has 34 heavy (non-hydrogen) atoms. The molecule has 1 N–H and O–H groups in total. The number of allylic oxidation sites excluding steroid dienone is 1. The van der Waals surface area contributed by atoms with Gasteiger partial charge in [0.25, 0.3) is 0 Å². The van der Waals surface area contributed by atoms with Crippen molar-refractivity contribution in [1.29, 1.82) is 5.26 Å². The third-order valence-corrected chi connectivity index (χ3v) is 9.38. The molecular formula is C26H35N5OS2. The first kappa shape index (κ1) is 25.0. The lowest BCUT2D eigenvalue weighted by molar-refractivity contribution is -0.113. The summed E-state index contributed by atoms with van der Waals surface area (Å²) in [4.78, 5) is 14.1. The minimum Gasteiger partial charge on any atom is -0.316 e. The molecule has 2 heterocycles. The van der Waals surface area contributed by atoms with Gasteiger partial charge in [0.15, 0.2) is 5.16 Å².